The van der Waals surface area contributed by atoms with Gasteiger partial charge in [0.05, 0.1) is 18.0 Å². The first-order valence-corrected chi connectivity index (χ1v) is 8.98. The number of hydrogen-bond acceptors (Lipinski definition) is 7. The molecule has 1 amide bonds. The first-order valence-electron chi connectivity index (χ1n) is 8.18. The summed E-state index contributed by atoms with van der Waals surface area (Å²) in [6.45, 7) is 0. The molecular weight excluding hydrogens is 404 g/mol. The molecule has 138 valence electrons. The minimum Gasteiger partial charge on any atom is -0.393 e. The quantitative estimate of drug-likeness (QED) is 0.490. The maximum atomic E-state index is 12.3. The van der Waals surface area contributed by atoms with Gasteiger partial charge in [0.1, 0.15) is 5.56 Å². The first kappa shape index (κ1) is 18.3. The summed E-state index contributed by atoms with van der Waals surface area (Å²) in [6.07, 6.45) is 5.77. The number of carbonyl (C=O) groups excluding carboxylic acids is 1. The van der Waals surface area contributed by atoms with E-state index >= 15 is 0 Å². The van der Waals surface area contributed by atoms with Crippen molar-refractivity contribution in [2.75, 3.05) is 10.6 Å². The third-order valence-corrected chi connectivity index (χ3v) is 4.60. The van der Waals surface area contributed by atoms with Crippen molar-refractivity contribution in [2.45, 2.75) is 37.8 Å². The number of aromatic amines is 1. The van der Waals surface area contributed by atoms with Crippen LogP contribution in [0.25, 0.3) is 0 Å². The van der Waals surface area contributed by atoms with E-state index in [-0.39, 0.29) is 29.5 Å². The van der Waals surface area contributed by atoms with Crippen LogP contribution in [0.4, 0.5) is 17.5 Å². The van der Waals surface area contributed by atoms with Crippen LogP contribution in [0.15, 0.2) is 27.7 Å². The molecule has 0 saturated heterocycles. The largest absolute Gasteiger partial charge is 0.393 e. The van der Waals surface area contributed by atoms with E-state index in [0.29, 0.717) is 18.5 Å². The normalized spacial score (nSPS) is 19.8. The third-order valence-electron chi connectivity index (χ3n) is 4.17. The number of amides is 1. The van der Waals surface area contributed by atoms with Crippen LogP contribution in [0.2, 0.25) is 0 Å². The molecule has 1 saturated carbocycles. The van der Waals surface area contributed by atoms with Gasteiger partial charge in [0, 0.05) is 16.7 Å². The predicted octanol–water partition coefficient (Wildman–Crippen LogP) is 1.49. The van der Waals surface area contributed by atoms with Crippen LogP contribution in [-0.2, 0) is 0 Å². The number of pyridine rings is 1. The highest BCUT2D eigenvalue weighted by molar-refractivity contribution is 9.10. The molecule has 0 spiro atoms. The van der Waals surface area contributed by atoms with Gasteiger partial charge in [0.2, 0.25) is 5.95 Å². The van der Waals surface area contributed by atoms with E-state index in [1.807, 2.05) is 0 Å². The minimum absolute atomic E-state index is 0.0551. The topological polar surface area (TPSA) is 146 Å². The maximum Gasteiger partial charge on any atom is 0.267 e. The van der Waals surface area contributed by atoms with E-state index in [9.17, 15) is 14.7 Å². The molecule has 2 heterocycles. The lowest BCUT2D eigenvalue weighted by molar-refractivity contribution is 0.0999. The van der Waals surface area contributed by atoms with E-state index in [1.165, 1.54) is 6.20 Å². The number of nitrogens with two attached hydrogens (primary N) is 1. The average molecular weight is 423 g/mol. The van der Waals surface area contributed by atoms with Gasteiger partial charge >= 0.3 is 0 Å². The second-order valence-corrected chi connectivity index (χ2v) is 7.08. The standard InChI is InChI=1S/C16H19BrN6O3/c17-8-5-10(7-19-6-8)20-14-12(13(18)25)15(26)23-16(22-14)21-9-1-3-11(24)4-2-9/h5-7,9,11,24H,1-4H2,(H2,18,25)(H3,20,21,22,23,26)/t9-,11-. The van der Waals surface area contributed by atoms with Gasteiger partial charge < -0.3 is 21.5 Å². The van der Waals surface area contributed by atoms with Crippen molar-refractivity contribution < 1.29 is 9.90 Å². The van der Waals surface area contributed by atoms with Crippen molar-refractivity contribution in [3.63, 3.8) is 0 Å². The lowest BCUT2D eigenvalue weighted by Gasteiger charge is -2.26. The number of aliphatic hydroxyl groups is 1. The number of hydrogen-bond donors (Lipinski definition) is 5. The molecule has 0 bridgehead atoms. The molecule has 0 radical (unpaired) electrons. The van der Waals surface area contributed by atoms with Gasteiger partial charge in [-0.05, 0) is 47.7 Å². The molecule has 1 fully saturated rings. The SMILES string of the molecule is NC(=O)c1c(Nc2cncc(Br)c2)nc(N[C@H]2CC[C@H](O)CC2)[nH]c1=O. The molecule has 10 heteroatoms. The lowest BCUT2D eigenvalue weighted by Crippen LogP contribution is -2.32. The highest BCUT2D eigenvalue weighted by Crippen LogP contribution is 2.23. The Morgan fingerprint density at radius 1 is 1.31 bits per heavy atom. The Hall–Kier alpha value is -2.46. The number of aromatic nitrogens is 3. The lowest BCUT2D eigenvalue weighted by atomic mass is 9.93. The maximum absolute atomic E-state index is 12.3. The molecule has 1 aliphatic rings. The van der Waals surface area contributed by atoms with Gasteiger partial charge in [0.15, 0.2) is 5.82 Å². The van der Waals surface area contributed by atoms with Crippen LogP contribution in [0.3, 0.4) is 0 Å². The number of halogens is 1. The number of anilines is 3. The number of H-pyrrole nitrogens is 1. The fraction of sp³-hybridized carbons (Fsp3) is 0.375. The second kappa shape index (κ2) is 7.83. The molecule has 6 N–H and O–H groups in total. The summed E-state index contributed by atoms with van der Waals surface area (Å²) in [5.41, 5.74) is 5.00. The summed E-state index contributed by atoms with van der Waals surface area (Å²) in [5, 5.41) is 15.7. The van der Waals surface area contributed by atoms with Crippen molar-refractivity contribution in [3.8, 4) is 0 Å². The van der Waals surface area contributed by atoms with Gasteiger partial charge in [-0.1, -0.05) is 0 Å². The smallest absolute Gasteiger partial charge is 0.267 e. The zero-order valence-corrected chi connectivity index (χ0v) is 15.4. The number of nitrogens with one attached hydrogen (secondary N) is 3. The van der Waals surface area contributed by atoms with Crippen LogP contribution >= 0.6 is 15.9 Å². The second-order valence-electron chi connectivity index (χ2n) is 6.17. The molecule has 1 aliphatic carbocycles. The monoisotopic (exact) mass is 422 g/mol. The fourth-order valence-electron chi connectivity index (χ4n) is 2.89. The van der Waals surface area contributed by atoms with Crippen LogP contribution in [0.5, 0.6) is 0 Å². The van der Waals surface area contributed by atoms with E-state index in [2.05, 4.69) is 41.5 Å². The molecule has 0 aromatic carbocycles. The minimum atomic E-state index is -0.878. The zero-order chi connectivity index (χ0) is 18.7. The molecule has 26 heavy (non-hydrogen) atoms. The van der Waals surface area contributed by atoms with Crippen LogP contribution in [0, 0.1) is 0 Å². The molecule has 3 rings (SSSR count). The predicted molar refractivity (Wildman–Crippen MR) is 100 cm³/mol. The van der Waals surface area contributed by atoms with E-state index in [1.54, 1.807) is 12.3 Å². The summed E-state index contributed by atoms with van der Waals surface area (Å²) >= 11 is 3.31. The van der Waals surface area contributed by atoms with E-state index < -0.39 is 11.5 Å². The zero-order valence-electron chi connectivity index (χ0n) is 13.8. The third kappa shape index (κ3) is 4.38. The van der Waals surface area contributed by atoms with Crippen LogP contribution in [-0.4, -0.2) is 38.1 Å². The van der Waals surface area contributed by atoms with Crippen molar-refractivity contribution >= 4 is 39.3 Å². The Morgan fingerprint density at radius 3 is 2.69 bits per heavy atom. The number of aliphatic hydroxyl groups excluding tert-OH is 1. The molecular formula is C16H19BrN6O3. The number of primary amides is 1. The Bertz CT molecular complexity index is 863. The van der Waals surface area contributed by atoms with Crippen molar-refractivity contribution in [2.24, 2.45) is 5.73 Å². The Labute approximate surface area is 157 Å². The molecule has 0 unspecified atom stereocenters. The van der Waals surface area contributed by atoms with E-state index in [4.69, 9.17) is 5.73 Å². The summed E-state index contributed by atoms with van der Waals surface area (Å²) in [4.78, 5) is 34.9. The number of nitrogens with zero attached hydrogens (tertiary/aromatic N) is 2. The number of carbonyl (C=O) groups is 1. The molecule has 9 nitrogen and oxygen atoms in total. The van der Waals surface area contributed by atoms with Gasteiger partial charge in [-0.3, -0.25) is 19.6 Å². The Morgan fingerprint density at radius 2 is 2.04 bits per heavy atom. The molecule has 2 aromatic rings. The van der Waals surface area contributed by atoms with Gasteiger partial charge in [-0.15, -0.1) is 0 Å². The highest BCUT2D eigenvalue weighted by Gasteiger charge is 2.22. The van der Waals surface area contributed by atoms with Crippen LogP contribution in [0.1, 0.15) is 36.0 Å². The van der Waals surface area contributed by atoms with E-state index in [0.717, 1.165) is 17.3 Å². The fourth-order valence-corrected chi connectivity index (χ4v) is 3.26. The van der Waals surface area contributed by atoms with Gasteiger partial charge in [0.25, 0.3) is 11.5 Å². The van der Waals surface area contributed by atoms with Crippen molar-refractivity contribution in [3.05, 3.63) is 38.9 Å². The van der Waals surface area contributed by atoms with Crippen molar-refractivity contribution in [1.29, 1.82) is 0 Å². The molecule has 0 atom stereocenters. The summed E-state index contributed by atoms with van der Waals surface area (Å²) in [7, 11) is 0. The average Bonchev–Trinajstić information content (AvgIpc) is 2.56. The van der Waals surface area contributed by atoms with Crippen molar-refractivity contribution in [1.82, 2.24) is 15.0 Å². The summed E-state index contributed by atoms with van der Waals surface area (Å²) in [5.74, 6) is -0.581. The van der Waals surface area contributed by atoms with Gasteiger partial charge in [-0.25, -0.2) is 0 Å². The number of rotatable bonds is 5. The summed E-state index contributed by atoms with van der Waals surface area (Å²) in [6, 6.07) is 1.82. The Kier molecular flexibility index (Phi) is 5.52. The first-order chi connectivity index (χ1) is 12.4. The highest BCUT2D eigenvalue weighted by atomic mass is 79.9. The summed E-state index contributed by atoms with van der Waals surface area (Å²) < 4.78 is 0.729. The molecule has 2 aromatic heterocycles. The Balaban J connectivity index is 1.89. The van der Waals surface area contributed by atoms with Crippen LogP contribution < -0.4 is 21.9 Å². The molecule has 0 aliphatic heterocycles. The van der Waals surface area contributed by atoms with Gasteiger partial charge in [-0.2, -0.15) is 4.98 Å².